The number of hydrogen-bond donors (Lipinski definition) is 2. The van der Waals surface area contributed by atoms with Crippen molar-refractivity contribution in [3.63, 3.8) is 0 Å². The van der Waals surface area contributed by atoms with Gasteiger partial charge in [0.1, 0.15) is 18.7 Å². The zero-order valence-electron chi connectivity index (χ0n) is 17.8. The summed E-state index contributed by atoms with van der Waals surface area (Å²) in [6, 6.07) is 1.46. The van der Waals surface area contributed by atoms with Crippen LogP contribution in [-0.4, -0.2) is 34.6 Å². The molecule has 3 aliphatic rings. The highest BCUT2D eigenvalue weighted by Gasteiger charge is 2.45. The monoisotopic (exact) mass is 432 g/mol. The minimum Gasteiger partial charge on any atom is -0.458 e. The smallest absolute Gasteiger partial charge is 0.356 e. The van der Waals surface area contributed by atoms with Crippen molar-refractivity contribution in [3.8, 4) is 11.8 Å². The van der Waals surface area contributed by atoms with Crippen LogP contribution in [0.25, 0.3) is 16.6 Å². The average Bonchev–Trinajstić information content (AvgIpc) is 3.18. The number of carbonyl (C=O) groups excluding carboxylic acids is 2. The SMILES string of the molecule is CC#CC1(O)C(=O)OCC(C=O)=C1/C=C1\NCc2c1nc1cc(F)c(C)c3c1c2CCC3. The summed E-state index contributed by atoms with van der Waals surface area (Å²) in [5, 5.41) is 15.3. The van der Waals surface area contributed by atoms with Gasteiger partial charge in [0.15, 0.2) is 0 Å². The van der Waals surface area contributed by atoms with E-state index < -0.39 is 11.6 Å². The molecule has 2 aliphatic heterocycles. The van der Waals surface area contributed by atoms with Crippen molar-refractivity contribution in [2.45, 2.75) is 45.3 Å². The summed E-state index contributed by atoms with van der Waals surface area (Å²) < 4.78 is 19.5. The first kappa shape index (κ1) is 20.4. The van der Waals surface area contributed by atoms with Gasteiger partial charge < -0.3 is 15.2 Å². The second-order valence-electron chi connectivity index (χ2n) is 8.26. The number of ether oxygens (including phenoxy) is 1. The molecule has 6 nitrogen and oxygen atoms in total. The summed E-state index contributed by atoms with van der Waals surface area (Å²) in [5.41, 5.74) is 3.58. The summed E-state index contributed by atoms with van der Waals surface area (Å²) in [6.45, 7) is 3.57. The van der Waals surface area contributed by atoms with Gasteiger partial charge in [-0.3, -0.25) is 4.79 Å². The molecule has 0 radical (unpaired) electrons. The lowest BCUT2D eigenvalue weighted by Gasteiger charge is -2.28. The van der Waals surface area contributed by atoms with Crippen molar-refractivity contribution in [2.24, 2.45) is 0 Å². The van der Waals surface area contributed by atoms with Gasteiger partial charge in [-0.15, -0.1) is 5.92 Å². The molecular formula is C25H21FN2O4. The number of hydrogen-bond acceptors (Lipinski definition) is 6. The van der Waals surface area contributed by atoms with Gasteiger partial charge in [-0.05, 0) is 55.9 Å². The highest BCUT2D eigenvalue weighted by Crippen LogP contribution is 2.39. The molecule has 1 aromatic heterocycles. The van der Waals surface area contributed by atoms with Crippen molar-refractivity contribution in [1.82, 2.24) is 10.3 Å². The number of nitrogens with one attached hydrogen (secondary N) is 1. The Labute approximate surface area is 184 Å². The second kappa shape index (κ2) is 7.28. The maximum atomic E-state index is 14.6. The Bertz CT molecular complexity index is 1350. The topological polar surface area (TPSA) is 88.5 Å². The van der Waals surface area contributed by atoms with Crippen LogP contribution in [0.15, 0.2) is 23.3 Å². The molecule has 1 aromatic carbocycles. The summed E-state index contributed by atoms with van der Waals surface area (Å²) in [5.74, 6) is 3.81. The molecule has 0 saturated carbocycles. The van der Waals surface area contributed by atoms with E-state index in [1.54, 1.807) is 13.0 Å². The van der Waals surface area contributed by atoms with Crippen LogP contribution in [0.4, 0.5) is 4.39 Å². The first-order valence-corrected chi connectivity index (χ1v) is 10.5. The number of aliphatic hydroxyl groups is 1. The Morgan fingerprint density at radius 2 is 2.09 bits per heavy atom. The Morgan fingerprint density at radius 3 is 2.84 bits per heavy atom. The van der Waals surface area contributed by atoms with E-state index in [1.807, 2.05) is 0 Å². The molecule has 0 bridgehead atoms. The number of esters is 1. The van der Waals surface area contributed by atoms with Gasteiger partial charge in [0.25, 0.3) is 5.60 Å². The van der Waals surface area contributed by atoms with Gasteiger partial charge in [-0.25, -0.2) is 14.2 Å². The number of aryl methyl sites for hydroxylation is 2. The zero-order chi connectivity index (χ0) is 22.6. The fourth-order valence-corrected chi connectivity index (χ4v) is 4.93. The fourth-order valence-electron chi connectivity index (χ4n) is 4.93. The number of cyclic esters (lactones) is 1. The Morgan fingerprint density at radius 1 is 1.31 bits per heavy atom. The Balaban J connectivity index is 1.75. The average molecular weight is 432 g/mol. The fraction of sp³-hybridized carbons (Fsp3) is 0.320. The normalized spacial score (nSPS) is 22.9. The van der Waals surface area contributed by atoms with Gasteiger partial charge in [0.05, 0.1) is 16.9 Å². The Hall–Kier alpha value is -3.50. The highest BCUT2D eigenvalue weighted by atomic mass is 19.1. The van der Waals surface area contributed by atoms with Crippen molar-refractivity contribution < 1.29 is 23.8 Å². The summed E-state index contributed by atoms with van der Waals surface area (Å²) in [7, 11) is 0. The quantitative estimate of drug-likeness (QED) is 0.431. The molecule has 0 amide bonds. The number of fused-ring (bicyclic) bond motifs is 2. The van der Waals surface area contributed by atoms with E-state index in [1.165, 1.54) is 13.0 Å². The van der Waals surface area contributed by atoms with Gasteiger partial charge in [0, 0.05) is 34.7 Å². The van der Waals surface area contributed by atoms with Gasteiger partial charge in [0.2, 0.25) is 0 Å². The lowest BCUT2D eigenvalue weighted by molar-refractivity contribution is -0.157. The van der Waals surface area contributed by atoms with Crippen LogP contribution in [0.5, 0.6) is 0 Å². The molecular weight excluding hydrogens is 411 g/mol. The summed E-state index contributed by atoms with van der Waals surface area (Å²) in [4.78, 5) is 28.8. The van der Waals surface area contributed by atoms with Crippen LogP contribution in [0.1, 0.15) is 41.3 Å². The van der Waals surface area contributed by atoms with E-state index in [0.717, 1.165) is 41.3 Å². The van der Waals surface area contributed by atoms with Crippen molar-refractivity contribution >= 4 is 28.9 Å². The minimum absolute atomic E-state index is 0.0692. The molecule has 2 aromatic rings. The maximum Gasteiger partial charge on any atom is 0.356 e. The minimum atomic E-state index is -2.25. The first-order chi connectivity index (χ1) is 15.4. The number of nitrogens with zero attached hydrogens (tertiary/aromatic N) is 1. The number of carbonyl (C=O) groups is 2. The third-order valence-electron chi connectivity index (χ3n) is 6.51. The molecule has 1 unspecified atom stereocenters. The number of rotatable bonds is 2. The maximum absolute atomic E-state index is 14.6. The van der Waals surface area contributed by atoms with E-state index in [4.69, 9.17) is 9.72 Å². The molecule has 1 atom stereocenters. The summed E-state index contributed by atoms with van der Waals surface area (Å²) in [6.07, 6.45) is 4.72. The number of halogens is 1. The lowest BCUT2D eigenvalue weighted by Crippen LogP contribution is -2.45. The molecule has 1 aliphatic carbocycles. The highest BCUT2D eigenvalue weighted by molar-refractivity contribution is 5.96. The standard InChI is InChI=1S/C25H21FN2O4/c1-3-7-25(31)18(14(11-29)12-32-24(25)30)8-21-23-17(10-27-21)16-6-4-5-15-13(2)19(26)9-20(28-23)22(15)16/h8-9,11,27,31H,4-6,10,12H2,1-2H3/b21-8-. The number of aldehydes is 1. The van der Waals surface area contributed by atoms with E-state index in [0.29, 0.717) is 35.3 Å². The predicted octanol–water partition coefficient (Wildman–Crippen LogP) is 2.42. The molecule has 162 valence electrons. The molecule has 0 saturated heterocycles. The van der Waals surface area contributed by atoms with Crippen LogP contribution in [0, 0.1) is 24.6 Å². The zero-order valence-corrected chi connectivity index (χ0v) is 17.8. The van der Waals surface area contributed by atoms with Crippen molar-refractivity contribution in [1.29, 1.82) is 0 Å². The molecule has 32 heavy (non-hydrogen) atoms. The molecule has 7 heteroatoms. The van der Waals surface area contributed by atoms with Gasteiger partial charge in [-0.2, -0.15) is 0 Å². The van der Waals surface area contributed by atoms with Crippen LogP contribution in [0.3, 0.4) is 0 Å². The van der Waals surface area contributed by atoms with E-state index in [-0.39, 0.29) is 23.6 Å². The van der Waals surface area contributed by atoms with Crippen LogP contribution < -0.4 is 5.32 Å². The molecule has 2 N–H and O–H groups in total. The number of aromatic nitrogens is 1. The van der Waals surface area contributed by atoms with Crippen LogP contribution in [0.2, 0.25) is 0 Å². The second-order valence-corrected chi connectivity index (χ2v) is 8.26. The largest absolute Gasteiger partial charge is 0.458 e. The van der Waals surface area contributed by atoms with E-state index in [2.05, 4.69) is 17.2 Å². The molecule has 5 rings (SSSR count). The number of pyridine rings is 1. The van der Waals surface area contributed by atoms with E-state index in [9.17, 15) is 19.1 Å². The van der Waals surface area contributed by atoms with E-state index >= 15 is 0 Å². The number of benzene rings is 1. The first-order valence-electron chi connectivity index (χ1n) is 10.5. The third kappa shape index (κ3) is 2.80. The van der Waals surface area contributed by atoms with Crippen LogP contribution in [-0.2, 0) is 33.7 Å². The predicted molar refractivity (Wildman–Crippen MR) is 116 cm³/mol. The molecule has 0 spiro atoms. The van der Waals surface area contributed by atoms with Crippen molar-refractivity contribution in [2.75, 3.05) is 6.61 Å². The lowest BCUT2D eigenvalue weighted by atomic mass is 9.84. The Kier molecular flexibility index (Phi) is 4.64. The van der Waals surface area contributed by atoms with Gasteiger partial charge >= 0.3 is 5.97 Å². The van der Waals surface area contributed by atoms with Gasteiger partial charge in [-0.1, -0.05) is 5.92 Å². The third-order valence-corrected chi connectivity index (χ3v) is 6.51. The molecule has 3 heterocycles. The summed E-state index contributed by atoms with van der Waals surface area (Å²) >= 11 is 0. The van der Waals surface area contributed by atoms with Crippen molar-refractivity contribution in [3.05, 3.63) is 57.1 Å². The molecule has 0 fully saturated rings. The van der Waals surface area contributed by atoms with Crippen LogP contribution >= 0.6 is 0 Å².